The van der Waals surface area contributed by atoms with Gasteiger partial charge in [0.15, 0.2) is 0 Å². The summed E-state index contributed by atoms with van der Waals surface area (Å²) in [5, 5.41) is 11.2. The van der Waals surface area contributed by atoms with Gasteiger partial charge < -0.3 is 24.2 Å². The van der Waals surface area contributed by atoms with Crippen molar-refractivity contribution in [2.75, 3.05) is 27.4 Å². The molecule has 7 heteroatoms. The molecule has 0 bridgehead atoms. The van der Waals surface area contributed by atoms with Crippen LogP contribution in [0, 0.1) is 6.92 Å². The van der Waals surface area contributed by atoms with E-state index in [1.807, 2.05) is 19.1 Å². The Hall–Kier alpha value is -3.32. The van der Waals surface area contributed by atoms with E-state index in [-0.39, 0.29) is 24.0 Å². The molecule has 32 heavy (non-hydrogen) atoms. The minimum atomic E-state index is -0.828. The highest BCUT2D eigenvalue weighted by atomic mass is 16.5. The Morgan fingerprint density at radius 2 is 1.88 bits per heavy atom. The Kier molecular flexibility index (Phi) is 6.19. The van der Waals surface area contributed by atoms with Gasteiger partial charge in [-0.15, -0.1) is 0 Å². The minimum absolute atomic E-state index is 0.0309. The highest BCUT2D eigenvalue weighted by Crippen LogP contribution is 2.44. The van der Waals surface area contributed by atoms with E-state index in [9.17, 15) is 14.7 Å². The van der Waals surface area contributed by atoms with E-state index >= 15 is 0 Å². The Morgan fingerprint density at radius 1 is 1.12 bits per heavy atom. The van der Waals surface area contributed by atoms with Gasteiger partial charge in [0.25, 0.3) is 11.7 Å². The highest BCUT2D eigenvalue weighted by Gasteiger charge is 2.48. The predicted octanol–water partition coefficient (Wildman–Crippen LogP) is 3.61. The van der Waals surface area contributed by atoms with Crippen LogP contribution in [0.1, 0.15) is 35.6 Å². The Bertz CT molecular complexity index is 1050. The first kappa shape index (κ1) is 21.9. The molecule has 2 aliphatic rings. The third kappa shape index (κ3) is 3.96. The summed E-state index contributed by atoms with van der Waals surface area (Å²) in [5.74, 6) is -0.559. The van der Waals surface area contributed by atoms with E-state index in [1.54, 1.807) is 37.4 Å². The van der Waals surface area contributed by atoms with E-state index in [2.05, 4.69) is 0 Å². The molecule has 0 aliphatic carbocycles. The van der Waals surface area contributed by atoms with Crippen LogP contribution in [0.3, 0.4) is 0 Å². The van der Waals surface area contributed by atoms with Gasteiger partial charge in [-0.1, -0.05) is 29.8 Å². The van der Waals surface area contributed by atoms with Crippen molar-refractivity contribution in [3.8, 4) is 11.5 Å². The summed E-state index contributed by atoms with van der Waals surface area (Å²) >= 11 is 0. The molecule has 0 spiro atoms. The molecule has 4 rings (SSSR count). The number of hydrogen-bond donors (Lipinski definition) is 1. The average molecular weight is 437 g/mol. The van der Waals surface area contributed by atoms with Crippen LogP contribution in [0.2, 0.25) is 0 Å². The maximum atomic E-state index is 13.2. The molecule has 1 amide bonds. The molecule has 2 aromatic rings. The maximum absolute atomic E-state index is 13.2. The first-order valence-corrected chi connectivity index (χ1v) is 10.6. The van der Waals surface area contributed by atoms with Gasteiger partial charge in [-0.05, 0) is 38.0 Å². The quantitative estimate of drug-likeness (QED) is 0.422. The van der Waals surface area contributed by atoms with Gasteiger partial charge in [0.2, 0.25) is 0 Å². The van der Waals surface area contributed by atoms with Gasteiger partial charge in [0, 0.05) is 24.3 Å². The molecule has 2 fully saturated rings. The Balaban J connectivity index is 1.89. The Morgan fingerprint density at radius 3 is 2.50 bits per heavy atom. The molecule has 168 valence electrons. The summed E-state index contributed by atoms with van der Waals surface area (Å²) in [6.45, 7) is 2.82. The van der Waals surface area contributed by atoms with Crippen molar-refractivity contribution in [3.05, 3.63) is 64.7 Å². The van der Waals surface area contributed by atoms with Crippen molar-refractivity contribution >= 4 is 17.4 Å². The fraction of sp³-hybridized carbons (Fsp3) is 0.360. The number of likely N-dealkylation sites (tertiary alicyclic amines) is 1. The van der Waals surface area contributed by atoms with Crippen LogP contribution in [-0.2, 0) is 14.3 Å². The zero-order chi connectivity index (χ0) is 22.8. The molecule has 0 saturated carbocycles. The molecular weight excluding hydrogens is 410 g/mol. The molecule has 2 heterocycles. The first-order valence-electron chi connectivity index (χ1n) is 10.6. The summed E-state index contributed by atoms with van der Waals surface area (Å²) in [4.78, 5) is 27.8. The third-order valence-electron chi connectivity index (χ3n) is 6.02. The number of nitrogens with zero attached hydrogens (tertiary/aromatic N) is 1. The number of methoxy groups -OCH3 is 2. The molecule has 7 nitrogen and oxygen atoms in total. The van der Waals surface area contributed by atoms with Crippen molar-refractivity contribution in [3.63, 3.8) is 0 Å². The zero-order valence-corrected chi connectivity index (χ0v) is 18.5. The molecule has 2 saturated heterocycles. The molecule has 2 atom stereocenters. The summed E-state index contributed by atoms with van der Waals surface area (Å²) in [7, 11) is 3.07. The fourth-order valence-corrected chi connectivity index (χ4v) is 4.32. The SMILES string of the molecule is COc1ccc(OC)c(C2/C(=C(/O)c3ccc(C)cc3)C(=O)C(=O)N2CC2CCCO2)c1. The average Bonchev–Trinajstić information content (AvgIpc) is 3.41. The summed E-state index contributed by atoms with van der Waals surface area (Å²) in [5.41, 5.74) is 2.09. The van der Waals surface area contributed by atoms with Crippen molar-refractivity contribution in [1.82, 2.24) is 4.90 Å². The van der Waals surface area contributed by atoms with Gasteiger partial charge in [-0.2, -0.15) is 0 Å². The van der Waals surface area contributed by atoms with Crippen LogP contribution < -0.4 is 9.47 Å². The third-order valence-corrected chi connectivity index (χ3v) is 6.02. The summed E-state index contributed by atoms with van der Waals surface area (Å²) in [6, 6.07) is 11.5. The predicted molar refractivity (Wildman–Crippen MR) is 119 cm³/mol. The van der Waals surface area contributed by atoms with Crippen LogP contribution in [0.15, 0.2) is 48.0 Å². The van der Waals surface area contributed by atoms with Crippen LogP contribution in [0.25, 0.3) is 5.76 Å². The topological polar surface area (TPSA) is 85.3 Å². The fourth-order valence-electron chi connectivity index (χ4n) is 4.32. The van der Waals surface area contributed by atoms with Gasteiger partial charge in [0.1, 0.15) is 17.3 Å². The highest BCUT2D eigenvalue weighted by molar-refractivity contribution is 6.46. The number of ketones is 1. The van der Waals surface area contributed by atoms with Crippen molar-refractivity contribution < 1.29 is 28.9 Å². The normalized spacial score (nSPS) is 22.4. The molecule has 1 N–H and O–H groups in total. The molecular formula is C25H27NO6. The number of carbonyl (C=O) groups excluding carboxylic acids is 2. The number of hydrogen-bond acceptors (Lipinski definition) is 6. The first-order chi connectivity index (χ1) is 15.4. The van der Waals surface area contributed by atoms with E-state index in [0.29, 0.717) is 29.2 Å². The van der Waals surface area contributed by atoms with E-state index in [0.717, 1.165) is 18.4 Å². The molecule has 2 aliphatic heterocycles. The number of benzene rings is 2. The van der Waals surface area contributed by atoms with Crippen molar-refractivity contribution in [2.24, 2.45) is 0 Å². The number of aryl methyl sites for hydroxylation is 1. The lowest BCUT2D eigenvalue weighted by Gasteiger charge is -2.28. The molecule has 2 unspecified atom stereocenters. The second-order valence-electron chi connectivity index (χ2n) is 8.06. The lowest BCUT2D eigenvalue weighted by Crippen LogP contribution is -2.36. The number of Topliss-reactive ketones (excluding diaryl/α,β-unsaturated/α-hetero) is 1. The summed E-state index contributed by atoms with van der Waals surface area (Å²) < 4.78 is 16.7. The van der Waals surface area contributed by atoms with Crippen LogP contribution in [0.5, 0.6) is 11.5 Å². The van der Waals surface area contributed by atoms with E-state index in [1.165, 1.54) is 12.0 Å². The van der Waals surface area contributed by atoms with Gasteiger partial charge in [-0.25, -0.2) is 0 Å². The number of aliphatic hydroxyl groups excluding tert-OH is 1. The smallest absolute Gasteiger partial charge is 0.295 e. The van der Waals surface area contributed by atoms with Crippen molar-refractivity contribution in [1.29, 1.82) is 0 Å². The lowest BCUT2D eigenvalue weighted by molar-refractivity contribution is -0.140. The van der Waals surface area contributed by atoms with Gasteiger partial charge in [-0.3, -0.25) is 9.59 Å². The van der Waals surface area contributed by atoms with E-state index < -0.39 is 17.7 Å². The Labute approximate surface area is 187 Å². The molecule has 0 aromatic heterocycles. The standard InChI is InChI=1S/C25H27NO6/c1-15-6-8-16(9-7-15)23(27)21-22(19-13-17(30-2)10-11-20(19)31-3)26(25(29)24(21)28)14-18-5-4-12-32-18/h6-11,13,18,22,27H,4-5,12,14H2,1-3H3/b23-21-. The lowest BCUT2D eigenvalue weighted by atomic mass is 9.94. The van der Waals surface area contributed by atoms with E-state index in [4.69, 9.17) is 14.2 Å². The van der Waals surface area contributed by atoms with Gasteiger partial charge in [0.05, 0.1) is 31.9 Å². The zero-order valence-electron chi connectivity index (χ0n) is 18.5. The minimum Gasteiger partial charge on any atom is -0.507 e. The number of rotatable bonds is 6. The van der Waals surface area contributed by atoms with Crippen molar-refractivity contribution in [2.45, 2.75) is 31.9 Å². The summed E-state index contributed by atoms with van der Waals surface area (Å²) in [6.07, 6.45) is 1.56. The number of amides is 1. The second-order valence-corrected chi connectivity index (χ2v) is 8.06. The van der Waals surface area contributed by atoms with Crippen LogP contribution in [-0.4, -0.2) is 55.2 Å². The molecule has 2 aromatic carbocycles. The number of aliphatic hydroxyl groups is 1. The maximum Gasteiger partial charge on any atom is 0.295 e. The van der Waals surface area contributed by atoms with Crippen LogP contribution in [0.4, 0.5) is 0 Å². The van der Waals surface area contributed by atoms with Gasteiger partial charge >= 0.3 is 0 Å². The second kappa shape index (κ2) is 9.04. The monoisotopic (exact) mass is 437 g/mol. The largest absolute Gasteiger partial charge is 0.507 e. The number of carbonyl (C=O) groups is 2. The number of ether oxygens (including phenoxy) is 3. The molecule has 0 radical (unpaired) electrons. The van der Waals surface area contributed by atoms with Crippen LogP contribution >= 0.6 is 0 Å².